The molecule has 174 valence electrons. The van der Waals surface area contributed by atoms with Crippen molar-refractivity contribution >= 4 is 43.5 Å². The molecule has 9 heteroatoms. The third kappa shape index (κ3) is 7.34. The van der Waals surface area contributed by atoms with Crippen LogP contribution >= 0.6 is 15.9 Å². The van der Waals surface area contributed by atoms with E-state index < -0.39 is 28.5 Å². The number of anilines is 1. The first-order chi connectivity index (χ1) is 15.0. The van der Waals surface area contributed by atoms with Crippen LogP contribution in [-0.2, 0) is 26.2 Å². The highest BCUT2D eigenvalue weighted by molar-refractivity contribution is 9.10. The predicted octanol–water partition coefficient (Wildman–Crippen LogP) is 3.47. The van der Waals surface area contributed by atoms with Gasteiger partial charge in [-0.2, -0.15) is 0 Å². The molecule has 0 aliphatic carbocycles. The summed E-state index contributed by atoms with van der Waals surface area (Å²) >= 11 is 3.34. The van der Waals surface area contributed by atoms with Gasteiger partial charge in [0.2, 0.25) is 21.8 Å². The summed E-state index contributed by atoms with van der Waals surface area (Å²) in [5.41, 5.74) is 2.26. The van der Waals surface area contributed by atoms with E-state index in [2.05, 4.69) is 21.2 Å². The molecule has 2 amide bonds. The molecule has 0 aromatic heterocycles. The second-order valence-corrected chi connectivity index (χ2v) is 10.5. The van der Waals surface area contributed by atoms with E-state index in [-0.39, 0.29) is 12.5 Å². The number of carbonyl (C=O) groups excluding carboxylic acids is 2. The molecule has 1 N–H and O–H groups in total. The van der Waals surface area contributed by atoms with Crippen LogP contribution < -0.4 is 9.62 Å². The van der Waals surface area contributed by atoms with Gasteiger partial charge in [-0.3, -0.25) is 13.9 Å². The lowest BCUT2D eigenvalue weighted by molar-refractivity contribution is -0.139. The van der Waals surface area contributed by atoms with Crippen molar-refractivity contribution < 1.29 is 18.0 Å². The van der Waals surface area contributed by atoms with Gasteiger partial charge in [0, 0.05) is 17.6 Å². The molecule has 0 bridgehead atoms. The Labute approximate surface area is 199 Å². The molecule has 0 aliphatic heterocycles. The van der Waals surface area contributed by atoms with Gasteiger partial charge < -0.3 is 10.2 Å². The Morgan fingerprint density at radius 2 is 1.81 bits per heavy atom. The molecule has 2 aromatic rings. The zero-order valence-electron chi connectivity index (χ0n) is 18.8. The van der Waals surface area contributed by atoms with E-state index in [4.69, 9.17) is 0 Å². The van der Waals surface area contributed by atoms with Gasteiger partial charge in [-0.25, -0.2) is 8.42 Å². The van der Waals surface area contributed by atoms with Gasteiger partial charge in [-0.15, -0.1) is 0 Å². The molecule has 7 nitrogen and oxygen atoms in total. The van der Waals surface area contributed by atoms with Crippen molar-refractivity contribution in [1.82, 2.24) is 10.2 Å². The minimum absolute atomic E-state index is 0.192. The first kappa shape index (κ1) is 25.9. The van der Waals surface area contributed by atoms with Crippen LogP contribution in [0, 0.1) is 6.92 Å². The number of nitrogens with one attached hydrogen (secondary N) is 1. The number of halogens is 1. The van der Waals surface area contributed by atoms with E-state index in [1.54, 1.807) is 31.2 Å². The molecule has 0 unspecified atom stereocenters. The van der Waals surface area contributed by atoms with E-state index in [1.165, 1.54) is 4.90 Å². The lowest BCUT2D eigenvalue weighted by Gasteiger charge is -2.31. The summed E-state index contributed by atoms with van der Waals surface area (Å²) < 4.78 is 26.8. The highest BCUT2D eigenvalue weighted by Gasteiger charge is 2.30. The van der Waals surface area contributed by atoms with E-state index >= 15 is 0 Å². The average Bonchev–Trinajstić information content (AvgIpc) is 2.72. The number of hydrogen-bond acceptors (Lipinski definition) is 4. The summed E-state index contributed by atoms with van der Waals surface area (Å²) in [7, 11) is -3.74. The monoisotopic (exact) mass is 523 g/mol. The summed E-state index contributed by atoms with van der Waals surface area (Å²) in [5, 5.41) is 2.82. The molecule has 1 atom stereocenters. The van der Waals surface area contributed by atoms with Crippen LogP contribution in [0.2, 0.25) is 0 Å². The number of amides is 2. The molecule has 0 saturated heterocycles. The number of sulfonamides is 1. The van der Waals surface area contributed by atoms with Crippen molar-refractivity contribution in [3.8, 4) is 0 Å². The number of nitrogens with zero attached hydrogens (tertiary/aromatic N) is 2. The van der Waals surface area contributed by atoms with Crippen LogP contribution in [0.3, 0.4) is 0 Å². The second kappa shape index (κ2) is 11.5. The summed E-state index contributed by atoms with van der Waals surface area (Å²) in [6, 6.07) is 13.6. The zero-order valence-corrected chi connectivity index (χ0v) is 21.2. The van der Waals surface area contributed by atoms with Crippen LogP contribution in [-0.4, -0.2) is 50.5 Å². The van der Waals surface area contributed by atoms with Crippen molar-refractivity contribution in [3.05, 3.63) is 64.1 Å². The number of aryl methyl sites for hydroxylation is 1. The second-order valence-electron chi connectivity index (χ2n) is 7.73. The highest BCUT2D eigenvalue weighted by Crippen LogP contribution is 2.23. The van der Waals surface area contributed by atoms with Crippen molar-refractivity contribution in [2.75, 3.05) is 23.7 Å². The maximum atomic E-state index is 13.4. The molecule has 0 heterocycles. The number of benzene rings is 2. The largest absolute Gasteiger partial charge is 0.354 e. The zero-order chi connectivity index (χ0) is 23.9. The number of carbonyl (C=O) groups is 2. The number of hydrogen-bond donors (Lipinski definition) is 1. The summed E-state index contributed by atoms with van der Waals surface area (Å²) in [6.07, 6.45) is 1.83. The van der Waals surface area contributed by atoms with Crippen LogP contribution in [0.4, 0.5) is 5.69 Å². The first-order valence-corrected chi connectivity index (χ1v) is 13.0. The molecular formula is C23H30BrN3O4S. The SMILES string of the molecule is CCCNC(=O)[C@@H](C)N(Cc1cccc(C)c1)C(=O)CN(c1cccc(Br)c1)S(C)(=O)=O. The van der Waals surface area contributed by atoms with E-state index in [0.29, 0.717) is 16.7 Å². The maximum absolute atomic E-state index is 13.4. The summed E-state index contributed by atoms with van der Waals surface area (Å²) in [5.74, 6) is -0.739. The quantitative estimate of drug-likeness (QED) is 0.516. The van der Waals surface area contributed by atoms with Crippen LogP contribution in [0.15, 0.2) is 53.0 Å². The molecule has 0 radical (unpaired) electrons. The van der Waals surface area contributed by atoms with Gasteiger partial charge in [-0.05, 0) is 44.0 Å². The Hall–Kier alpha value is -2.39. The summed E-state index contributed by atoms with van der Waals surface area (Å²) in [4.78, 5) is 27.5. The average molecular weight is 524 g/mol. The lowest BCUT2D eigenvalue weighted by atomic mass is 10.1. The topological polar surface area (TPSA) is 86.8 Å². The standard InChI is InChI=1S/C23H30BrN3O4S/c1-5-12-25-23(29)18(3)26(15-19-9-6-8-17(2)13-19)22(28)16-27(32(4,30)31)21-11-7-10-20(24)14-21/h6-11,13-14,18H,5,12,15-16H2,1-4H3,(H,25,29)/t18-/m1/s1. The van der Waals surface area contributed by atoms with Crippen LogP contribution in [0.25, 0.3) is 0 Å². The molecule has 0 fully saturated rings. The smallest absolute Gasteiger partial charge is 0.244 e. The predicted molar refractivity (Wildman–Crippen MR) is 131 cm³/mol. The van der Waals surface area contributed by atoms with Gasteiger partial charge in [0.15, 0.2) is 0 Å². The van der Waals surface area contributed by atoms with E-state index in [9.17, 15) is 18.0 Å². The Kier molecular flexibility index (Phi) is 9.27. The van der Waals surface area contributed by atoms with E-state index in [1.807, 2.05) is 38.1 Å². The van der Waals surface area contributed by atoms with Crippen molar-refractivity contribution in [2.24, 2.45) is 0 Å². The number of rotatable bonds is 10. The van der Waals surface area contributed by atoms with Gasteiger partial charge >= 0.3 is 0 Å². The molecule has 32 heavy (non-hydrogen) atoms. The molecule has 0 spiro atoms. The van der Waals surface area contributed by atoms with Gasteiger partial charge in [0.25, 0.3) is 0 Å². The lowest BCUT2D eigenvalue weighted by Crippen LogP contribution is -2.51. The maximum Gasteiger partial charge on any atom is 0.244 e. The van der Waals surface area contributed by atoms with Crippen molar-refractivity contribution in [2.45, 2.75) is 39.8 Å². The Morgan fingerprint density at radius 3 is 2.41 bits per heavy atom. The third-order valence-electron chi connectivity index (χ3n) is 4.93. The Bertz CT molecular complexity index is 1060. The molecule has 2 rings (SSSR count). The normalized spacial score (nSPS) is 12.2. The van der Waals surface area contributed by atoms with Crippen LogP contribution in [0.5, 0.6) is 0 Å². The minimum Gasteiger partial charge on any atom is -0.354 e. The van der Waals surface area contributed by atoms with Gasteiger partial charge in [-0.1, -0.05) is 58.7 Å². The molecular weight excluding hydrogens is 494 g/mol. The minimum atomic E-state index is -3.74. The highest BCUT2D eigenvalue weighted by atomic mass is 79.9. The van der Waals surface area contributed by atoms with Gasteiger partial charge in [0.05, 0.1) is 11.9 Å². The van der Waals surface area contributed by atoms with Crippen molar-refractivity contribution in [1.29, 1.82) is 0 Å². The fourth-order valence-corrected chi connectivity index (χ4v) is 4.46. The Balaban J connectivity index is 2.37. The Morgan fingerprint density at radius 1 is 1.12 bits per heavy atom. The molecule has 0 aliphatic rings. The van der Waals surface area contributed by atoms with Crippen molar-refractivity contribution in [3.63, 3.8) is 0 Å². The fraction of sp³-hybridized carbons (Fsp3) is 0.391. The summed E-state index contributed by atoms with van der Waals surface area (Å²) in [6.45, 7) is 5.84. The molecule has 0 saturated carbocycles. The fourth-order valence-electron chi connectivity index (χ4n) is 3.23. The third-order valence-corrected chi connectivity index (χ3v) is 6.56. The molecule has 2 aromatic carbocycles. The van der Waals surface area contributed by atoms with Gasteiger partial charge in [0.1, 0.15) is 12.6 Å². The first-order valence-electron chi connectivity index (χ1n) is 10.4. The van der Waals surface area contributed by atoms with Crippen LogP contribution in [0.1, 0.15) is 31.4 Å². The van der Waals surface area contributed by atoms with E-state index in [0.717, 1.165) is 28.1 Å².